The van der Waals surface area contributed by atoms with Gasteiger partial charge in [0.2, 0.25) is 5.88 Å². The molecule has 2 aromatic heterocycles. The molecule has 0 unspecified atom stereocenters. The van der Waals surface area contributed by atoms with Crippen LogP contribution in [0.2, 0.25) is 0 Å². The van der Waals surface area contributed by atoms with Gasteiger partial charge >= 0.3 is 0 Å². The maximum Gasteiger partial charge on any atom is 0.262 e. The zero-order chi connectivity index (χ0) is 14.4. The number of ether oxygens (including phenoxy) is 1. The van der Waals surface area contributed by atoms with Crippen molar-refractivity contribution in [2.45, 2.75) is 18.4 Å². The Morgan fingerprint density at radius 2 is 2.35 bits per heavy atom. The quantitative estimate of drug-likeness (QED) is 0.833. The van der Waals surface area contributed by atoms with Crippen molar-refractivity contribution in [3.05, 3.63) is 40.2 Å². The number of amides is 1. The van der Waals surface area contributed by atoms with Gasteiger partial charge in [0.05, 0.1) is 6.61 Å². The van der Waals surface area contributed by atoms with Gasteiger partial charge in [0.15, 0.2) is 0 Å². The predicted molar refractivity (Wildman–Crippen MR) is 82.7 cm³/mol. The van der Waals surface area contributed by atoms with Gasteiger partial charge in [-0.15, -0.1) is 23.1 Å². The lowest BCUT2D eigenvalue weighted by atomic mass is 10.2. The van der Waals surface area contributed by atoms with Crippen LogP contribution >= 0.6 is 23.1 Å². The van der Waals surface area contributed by atoms with Crippen molar-refractivity contribution in [1.29, 1.82) is 0 Å². The SMILES string of the molecule is CCOc1ncccc1CNC(=O)c1sccc1SC. The fourth-order valence-corrected chi connectivity index (χ4v) is 3.37. The van der Waals surface area contributed by atoms with Crippen molar-refractivity contribution in [3.8, 4) is 5.88 Å². The van der Waals surface area contributed by atoms with E-state index in [9.17, 15) is 4.79 Å². The summed E-state index contributed by atoms with van der Waals surface area (Å²) in [7, 11) is 0. The highest BCUT2D eigenvalue weighted by Crippen LogP contribution is 2.25. The van der Waals surface area contributed by atoms with Gasteiger partial charge in [0.1, 0.15) is 4.88 Å². The predicted octanol–water partition coefficient (Wildman–Crippen LogP) is 3.19. The van der Waals surface area contributed by atoms with E-state index in [1.54, 1.807) is 18.0 Å². The Hall–Kier alpha value is -1.53. The number of hydrogen-bond acceptors (Lipinski definition) is 5. The van der Waals surface area contributed by atoms with Gasteiger partial charge in [-0.25, -0.2) is 4.98 Å². The summed E-state index contributed by atoms with van der Waals surface area (Å²) in [6.45, 7) is 2.88. The molecule has 20 heavy (non-hydrogen) atoms. The minimum Gasteiger partial charge on any atom is -0.478 e. The Bertz CT molecular complexity index is 584. The molecule has 2 aromatic rings. The summed E-state index contributed by atoms with van der Waals surface area (Å²) >= 11 is 3.03. The first-order valence-corrected chi connectivity index (χ1v) is 8.33. The summed E-state index contributed by atoms with van der Waals surface area (Å²) in [5.41, 5.74) is 0.880. The van der Waals surface area contributed by atoms with Crippen LogP contribution in [0.25, 0.3) is 0 Å². The maximum atomic E-state index is 12.2. The molecule has 6 heteroatoms. The summed E-state index contributed by atoms with van der Waals surface area (Å²) in [6.07, 6.45) is 3.65. The fraction of sp³-hybridized carbons (Fsp3) is 0.286. The molecule has 0 saturated carbocycles. The molecule has 0 saturated heterocycles. The molecular weight excluding hydrogens is 292 g/mol. The summed E-state index contributed by atoms with van der Waals surface area (Å²) in [5, 5.41) is 4.84. The Labute approximate surface area is 126 Å². The van der Waals surface area contributed by atoms with E-state index in [0.29, 0.717) is 19.0 Å². The normalized spacial score (nSPS) is 10.3. The van der Waals surface area contributed by atoms with Crippen molar-refractivity contribution in [1.82, 2.24) is 10.3 Å². The lowest BCUT2D eigenvalue weighted by Crippen LogP contribution is -2.22. The number of carbonyl (C=O) groups excluding carboxylic acids is 1. The molecule has 4 nitrogen and oxygen atoms in total. The summed E-state index contributed by atoms with van der Waals surface area (Å²) in [5.74, 6) is 0.516. The maximum absolute atomic E-state index is 12.2. The van der Waals surface area contributed by atoms with Crippen LogP contribution in [0.4, 0.5) is 0 Å². The molecule has 0 radical (unpaired) electrons. The monoisotopic (exact) mass is 308 g/mol. The number of nitrogens with one attached hydrogen (secondary N) is 1. The number of nitrogens with zero attached hydrogens (tertiary/aromatic N) is 1. The van der Waals surface area contributed by atoms with Crippen LogP contribution in [0.5, 0.6) is 5.88 Å². The molecule has 1 N–H and O–H groups in total. The van der Waals surface area contributed by atoms with E-state index in [2.05, 4.69) is 10.3 Å². The summed E-state index contributed by atoms with van der Waals surface area (Å²) in [6, 6.07) is 5.70. The standard InChI is InChI=1S/C14H16N2O2S2/c1-3-18-14-10(5-4-7-15-14)9-16-13(17)12-11(19-2)6-8-20-12/h4-8H,3,9H2,1-2H3,(H,16,17). The second-order valence-electron chi connectivity index (χ2n) is 3.90. The number of aromatic nitrogens is 1. The second-order valence-corrected chi connectivity index (χ2v) is 5.67. The zero-order valence-corrected chi connectivity index (χ0v) is 13.0. The van der Waals surface area contributed by atoms with E-state index in [0.717, 1.165) is 15.3 Å². The van der Waals surface area contributed by atoms with Gasteiger partial charge in [0, 0.05) is 23.2 Å². The van der Waals surface area contributed by atoms with Crippen LogP contribution in [0.1, 0.15) is 22.2 Å². The molecule has 0 aliphatic rings. The molecule has 2 rings (SSSR count). The summed E-state index contributed by atoms with van der Waals surface area (Å²) < 4.78 is 5.44. The molecule has 0 bridgehead atoms. The van der Waals surface area contributed by atoms with Gasteiger partial charge in [-0.1, -0.05) is 6.07 Å². The van der Waals surface area contributed by atoms with Crippen molar-refractivity contribution < 1.29 is 9.53 Å². The average Bonchev–Trinajstić information content (AvgIpc) is 2.95. The molecule has 0 fully saturated rings. The van der Waals surface area contributed by atoms with Gasteiger partial charge in [0.25, 0.3) is 5.91 Å². The number of hydrogen-bond donors (Lipinski definition) is 1. The first-order chi connectivity index (χ1) is 9.76. The third-order valence-corrected chi connectivity index (χ3v) is 4.45. The fourth-order valence-electron chi connectivity index (χ4n) is 1.70. The minimum atomic E-state index is -0.0596. The van der Waals surface area contributed by atoms with Gasteiger partial charge in [-0.2, -0.15) is 0 Å². The van der Waals surface area contributed by atoms with E-state index in [-0.39, 0.29) is 5.91 Å². The third kappa shape index (κ3) is 3.52. The molecule has 0 spiro atoms. The molecule has 0 atom stereocenters. The highest BCUT2D eigenvalue weighted by molar-refractivity contribution is 7.98. The number of thioether (sulfide) groups is 1. The van der Waals surface area contributed by atoms with Crippen molar-refractivity contribution in [3.63, 3.8) is 0 Å². The van der Waals surface area contributed by atoms with E-state index < -0.39 is 0 Å². The largest absolute Gasteiger partial charge is 0.478 e. The van der Waals surface area contributed by atoms with Gasteiger partial charge in [-0.3, -0.25) is 4.79 Å². The van der Waals surface area contributed by atoms with E-state index in [1.807, 2.05) is 36.8 Å². The Morgan fingerprint density at radius 3 is 3.10 bits per heavy atom. The number of rotatable bonds is 6. The first-order valence-electron chi connectivity index (χ1n) is 6.22. The Morgan fingerprint density at radius 1 is 1.50 bits per heavy atom. The van der Waals surface area contributed by atoms with E-state index in [1.165, 1.54) is 11.3 Å². The van der Waals surface area contributed by atoms with Crippen LogP contribution in [0.15, 0.2) is 34.7 Å². The highest BCUT2D eigenvalue weighted by atomic mass is 32.2. The van der Waals surface area contributed by atoms with Crippen LogP contribution in [0.3, 0.4) is 0 Å². The molecule has 0 aromatic carbocycles. The lowest BCUT2D eigenvalue weighted by molar-refractivity contribution is 0.0952. The number of carbonyl (C=O) groups is 1. The molecular formula is C14H16N2O2S2. The Kier molecular flexibility index (Phi) is 5.43. The first kappa shape index (κ1) is 14.9. The van der Waals surface area contributed by atoms with Crippen LogP contribution < -0.4 is 10.1 Å². The molecule has 1 amide bonds. The van der Waals surface area contributed by atoms with Crippen molar-refractivity contribution >= 4 is 29.0 Å². The number of pyridine rings is 1. The third-order valence-electron chi connectivity index (χ3n) is 2.63. The Balaban J connectivity index is 2.04. The van der Waals surface area contributed by atoms with E-state index >= 15 is 0 Å². The molecule has 0 aliphatic heterocycles. The average molecular weight is 308 g/mol. The van der Waals surface area contributed by atoms with Crippen molar-refractivity contribution in [2.75, 3.05) is 12.9 Å². The van der Waals surface area contributed by atoms with Crippen LogP contribution in [0, 0.1) is 0 Å². The topological polar surface area (TPSA) is 51.2 Å². The lowest BCUT2D eigenvalue weighted by Gasteiger charge is -2.09. The minimum absolute atomic E-state index is 0.0596. The van der Waals surface area contributed by atoms with Gasteiger partial charge < -0.3 is 10.1 Å². The van der Waals surface area contributed by atoms with Crippen LogP contribution in [-0.4, -0.2) is 23.8 Å². The van der Waals surface area contributed by atoms with Gasteiger partial charge in [-0.05, 0) is 30.7 Å². The smallest absolute Gasteiger partial charge is 0.262 e. The molecule has 0 aliphatic carbocycles. The summed E-state index contributed by atoms with van der Waals surface area (Å²) in [4.78, 5) is 18.1. The second kappa shape index (κ2) is 7.31. The molecule has 106 valence electrons. The van der Waals surface area contributed by atoms with E-state index in [4.69, 9.17) is 4.74 Å². The molecule has 2 heterocycles. The van der Waals surface area contributed by atoms with Crippen molar-refractivity contribution in [2.24, 2.45) is 0 Å². The highest BCUT2D eigenvalue weighted by Gasteiger charge is 2.13. The number of thiophene rings is 1. The zero-order valence-electron chi connectivity index (χ0n) is 11.4. The van der Waals surface area contributed by atoms with Crippen LogP contribution in [-0.2, 0) is 6.54 Å².